The van der Waals surface area contributed by atoms with Gasteiger partial charge in [0.25, 0.3) is 0 Å². The van der Waals surface area contributed by atoms with Crippen LogP contribution in [0.4, 0.5) is 5.13 Å². The van der Waals surface area contributed by atoms with E-state index in [1.807, 2.05) is 11.3 Å². The van der Waals surface area contributed by atoms with E-state index in [4.69, 9.17) is 4.98 Å². The molecular formula is C15H27N3S. The van der Waals surface area contributed by atoms with E-state index in [-0.39, 0.29) is 0 Å². The molecule has 0 saturated carbocycles. The highest BCUT2D eigenvalue weighted by atomic mass is 32.1. The minimum atomic E-state index is 0.527. The molecule has 2 unspecified atom stereocenters. The van der Waals surface area contributed by atoms with Crippen LogP contribution in [0.3, 0.4) is 0 Å². The molecule has 1 aliphatic rings. The first-order valence-corrected chi connectivity index (χ1v) is 8.32. The zero-order valence-electron chi connectivity index (χ0n) is 12.9. The lowest BCUT2D eigenvalue weighted by atomic mass is 10.2. The Hall–Kier alpha value is -0.610. The standard InChI is InChI=1S/C15H27N3S/c1-6-13-8-7-11(4)18(13)15-17-12(5)14(19-15)9-16-10(2)3/h10-11,13,16H,6-9H2,1-5H3. The van der Waals surface area contributed by atoms with Crippen molar-refractivity contribution in [3.8, 4) is 0 Å². The van der Waals surface area contributed by atoms with Crippen molar-refractivity contribution < 1.29 is 0 Å². The Morgan fingerprint density at radius 1 is 1.42 bits per heavy atom. The number of nitrogens with zero attached hydrogens (tertiary/aromatic N) is 2. The summed E-state index contributed by atoms with van der Waals surface area (Å²) < 4.78 is 0. The number of nitrogens with one attached hydrogen (secondary N) is 1. The third kappa shape index (κ3) is 3.29. The van der Waals surface area contributed by atoms with E-state index in [0.717, 1.165) is 6.54 Å². The summed E-state index contributed by atoms with van der Waals surface area (Å²) in [5.41, 5.74) is 1.20. The highest BCUT2D eigenvalue weighted by molar-refractivity contribution is 7.15. The molecule has 4 heteroatoms. The lowest BCUT2D eigenvalue weighted by Gasteiger charge is -2.27. The molecule has 1 aliphatic heterocycles. The van der Waals surface area contributed by atoms with Crippen molar-refractivity contribution in [3.63, 3.8) is 0 Å². The van der Waals surface area contributed by atoms with Crippen LogP contribution in [0.25, 0.3) is 0 Å². The summed E-state index contributed by atoms with van der Waals surface area (Å²) in [4.78, 5) is 8.76. The second-order valence-corrected chi connectivity index (χ2v) is 7.00. The molecule has 19 heavy (non-hydrogen) atoms. The van der Waals surface area contributed by atoms with Gasteiger partial charge < -0.3 is 10.2 Å². The summed E-state index contributed by atoms with van der Waals surface area (Å²) >= 11 is 1.87. The highest BCUT2D eigenvalue weighted by Gasteiger charge is 2.31. The van der Waals surface area contributed by atoms with Crippen LogP contribution in [-0.2, 0) is 6.54 Å². The van der Waals surface area contributed by atoms with Gasteiger partial charge in [0.2, 0.25) is 0 Å². The molecule has 1 N–H and O–H groups in total. The van der Waals surface area contributed by atoms with Crippen LogP contribution in [0.5, 0.6) is 0 Å². The Morgan fingerprint density at radius 3 is 2.79 bits per heavy atom. The van der Waals surface area contributed by atoms with Gasteiger partial charge in [0.05, 0.1) is 5.69 Å². The molecule has 2 heterocycles. The zero-order valence-corrected chi connectivity index (χ0v) is 13.7. The van der Waals surface area contributed by atoms with Crippen molar-refractivity contribution in [1.29, 1.82) is 0 Å². The summed E-state index contributed by atoms with van der Waals surface area (Å²) in [5.74, 6) is 0. The molecule has 1 fully saturated rings. The van der Waals surface area contributed by atoms with Gasteiger partial charge in [-0.25, -0.2) is 4.98 Å². The van der Waals surface area contributed by atoms with E-state index in [1.165, 1.54) is 35.0 Å². The van der Waals surface area contributed by atoms with Gasteiger partial charge in [-0.2, -0.15) is 0 Å². The fourth-order valence-electron chi connectivity index (χ4n) is 2.80. The predicted octanol–water partition coefficient (Wildman–Crippen LogP) is 3.72. The maximum atomic E-state index is 4.82. The smallest absolute Gasteiger partial charge is 0.186 e. The van der Waals surface area contributed by atoms with Crippen molar-refractivity contribution in [1.82, 2.24) is 10.3 Å². The Morgan fingerprint density at radius 2 is 2.16 bits per heavy atom. The third-order valence-corrected chi connectivity index (χ3v) is 5.20. The van der Waals surface area contributed by atoms with Crippen LogP contribution in [0.15, 0.2) is 0 Å². The van der Waals surface area contributed by atoms with Gasteiger partial charge in [-0.05, 0) is 33.1 Å². The van der Waals surface area contributed by atoms with Crippen LogP contribution in [0.1, 0.15) is 57.5 Å². The minimum absolute atomic E-state index is 0.527. The van der Waals surface area contributed by atoms with E-state index in [1.54, 1.807) is 0 Å². The quantitative estimate of drug-likeness (QED) is 0.891. The lowest BCUT2D eigenvalue weighted by molar-refractivity contribution is 0.591. The molecular weight excluding hydrogens is 254 g/mol. The van der Waals surface area contributed by atoms with E-state index >= 15 is 0 Å². The molecule has 1 saturated heterocycles. The molecule has 0 bridgehead atoms. The fraction of sp³-hybridized carbons (Fsp3) is 0.800. The summed E-state index contributed by atoms with van der Waals surface area (Å²) in [6.07, 6.45) is 3.84. The molecule has 2 atom stereocenters. The van der Waals surface area contributed by atoms with Crippen LogP contribution < -0.4 is 10.2 Å². The van der Waals surface area contributed by atoms with E-state index in [2.05, 4.69) is 44.8 Å². The minimum Gasteiger partial charge on any atom is -0.342 e. The zero-order chi connectivity index (χ0) is 14.0. The van der Waals surface area contributed by atoms with Crippen molar-refractivity contribution >= 4 is 16.5 Å². The Kier molecular flexibility index (Phi) is 4.85. The van der Waals surface area contributed by atoms with Crippen LogP contribution in [0, 0.1) is 6.92 Å². The molecule has 1 aromatic rings. The normalized spacial score (nSPS) is 23.6. The van der Waals surface area contributed by atoms with Crippen LogP contribution in [-0.4, -0.2) is 23.1 Å². The SMILES string of the molecule is CCC1CCC(C)N1c1nc(C)c(CNC(C)C)s1. The largest absolute Gasteiger partial charge is 0.342 e. The van der Waals surface area contributed by atoms with Crippen molar-refractivity contribution in [2.45, 2.75) is 78.6 Å². The van der Waals surface area contributed by atoms with Gasteiger partial charge in [-0.1, -0.05) is 20.8 Å². The fourth-order valence-corrected chi connectivity index (χ4v) is 3.99. The first-order valence-electron chi connectivity index (χ1n) is 7.51. The average Bonchev–Trinajstić information content (AvgIpc) is 2.89. The molecule has 0 aromatic carbocycles. The summed E-state index contributed by atoms with van der Waals surface area (Å²) in [6.45, 7) is 12.1. The number of hydrogen-bond donors (Lipinski definition) is 1. The third-order valence-electron chi connectivity index (χ3n) is 4.03. The van der Waals surface area contributed by atoms with Crippen LogP contribution >= 0.6 is 11.3 Å². The predicted molar refractivity (Wildman–Crippen MR) is 84.1 cm³/mol. The number of thiazole rings is 1. The first kappa shape index (κ1) is 14.8. The van der Waals surface area contributed by atoms with Gasteiger partial charge in [0.1, 0.15) is 0 Å². The van der Waals surface area contributed by atoms with Crippen molar-refractivity contribution in [3.05, 3.63) is 10.6 Å². The Balaban J connectivity index is 2.14. The number of aromatic nitrogens is 1. The molecule has 2 rings (SSSR count). The Bertz CT molecular complexity index is 414. The molecule has 0 spiro atoms. The van der Waals surface area contributed by atoms with Crippen LogP contribution in [0.2, 0.25) is 0 Å². The number of hydrogen-bond acceptors (Lipinski definition) is 4. The first-order chi connectivity index (χ1) is 9.02. The molecule has 0 radical (unpaired) electrons. The summed E-state index contributed by atoms with van der Waals surface area (Å²) in [7, 11) is 0. The maximum absolute atomic E-state index is 4.82. The molecule has 0 aliphatic carbocycles. The van der Waals surface area contributed by atoms with Gasteiger partial charge in [-0.3, -0.25) is 0 Å². The lowest BCUT2D eigenvalue weighted by Crippen LogP contribution is -2.33. The van der Waals surface area contributed by atoms with Gasteiger partial charge in [0.15, 0.2) is 5.13 Å². The second-order valence-electron chi connectivity index (χ2n) is 5.94. The van der Waals surface area contributed by atoms with Gasteiger partial charge in [0, 0.05) is 29.5 Å². The molecule has 1 aromatic heterocycles. The maximum Gasteiger partial charge on any atom is 0.186 e. The highest BCUT2D eigenvalue weighted by Crippen LogP contribution is 2.35. The Labute approximate surface area is 121 Å². The number of rotatable bonds is 5. The molecule has 0 amide bonds. The topological polar surface area (TPSA) is 28.2 Å². The summed E-state index contributed by atoms with van der Waals surface area (Å²) in [6, 6.07) is 1.85. The van der Waals surface area contributed by atoms with Gasteiger partial charge in [-0.15, -0.1) is 11.3 Å². The molecule has 108 valence electrons. The second kappa shape index (κ2) is 6.23. The number of anilines is 1. The van der Waals surface area contributed by atoms with E-state index < -0.39 is 0 Å². The average molecular weight is 281 g/mol. The van der Waals surface area contributed by atoms with Gasteiger partial charge >= 0.3 is 0 Å². The monoisotopic (exact) mass is 281 g/mol. The van der Waals surface area contributed by atoms with Crippen molar-refractivity contribution in [2.24, 2.45) is 0 Å². The van der Waals surface area contributed by atoms with Crippen molar-refractivity contribution in [2.75, 3.05) is 4.90 Å². The summed E-state index contributed by atoms with van der Waals surface area (Å²) in [5, 5.41) is 4.73. The number of aryl methyl sites for hydroxylation is 1. The molecule has 3 nitrogen and oxygen atoms in total. The van der Waals surface area contributed by atoms with E-state index in [0.29, 0.717) is 18.1 Å². The van der Waals surface area contributed by atoms with E-state index in [9.17, 15) is 0 Å².